The van der Waals surface area contributed by atoms with E-state index in [4.69, 9.17) is 14.6 Å². The molecule has 0 saturated heterocycles. The second-order valence-corrected chi connectivity index (χ2v) is 5.07. The number of aliphatic hydroxyl groups is 1. The number of phosphoric acid groups is 1. The second-order valence-electron chi connectivity index (χ2n) is 3.51. The maximum atomic E-state index is 10.9. The van der Waals surface area contributed by atoms with Gasteiger partial charge in [0.05, 0.1) is 25.9 Å². The Kier molecular flexibility index (Phi) is 11.7. The lowest BCUT2D eigenvalue weighted by molar-refractivity contribution is -0.00467. The van der Waals surface area contributed by atoms with Gasteiger partial charge in [0.25, 0.3) is 0 Å². The molecule has 9 nitrogen and oxygen atoms in total. The highest BCUT2D eigenvalue weighted by molar-refractivity contribution is 7.47. The maximum Gasteiger partial charge on any atom is 0.471 e. The van der Waals surface area contributed by atoms with Crippen molar-refractivity contribution in [1.29, 1.82) is 0 Å². The van der Waals surface area contributed by atoms with Gasteiger partial charge in [-0.1, -0.05) is 0 Å². The van der Waals surface area contributed by atoms with E-state index in [9.17, 15) is 9.67 Å². The van der Waals surface area contributed by atoms with Crippen molar-refractivity contribution in [3.8, 4) is 0 Å². The molecule has 0 heterocycles. The molecule has 0 aliphatic carbocycles. The molecule has 116 valence electrons. The molecule has 0 rings (SSSR count). The molecular formula is C9H23N2O7P. The number of aliphatic hydroxyl groups excluding tert-OH is 1. The second kappa shape index (κ2) is 11.7. The fraction of sp³-hybridized carbons (Fsp3) is 1.00. The smallest absolute Gasteiger partial charge is 0.393 e. The lowest BCUT2D eigenvalue weighted by atomic mass is 10.2. The molecule has 0 aromatic heterocycles. The van der Waals surface area contributed by atoms with Gasteiger partial charge in [0.15, 0.2) is 0 Å². The monoisotopic (exact) mass is 302 g/mol. The van der Waals surface area contributed by atoms with E-state index >= 15 is 0 Å². The summed E-state index contributed by atoms with van der Waals surface area (Å²) in [6.07, 6.45) is 0.462. The van der Waals surface area contributed by atoms with Gasteiger partial charge in [-0.2, -0.15) is 0 Å². The zero-order valence-corrected chi connectivity index (χ0v) is 12.1. The van der Waals surface area contributed by atoms with Gasteiger partial charge < -0.3 is 19.7 Å². The highest BCUT2D eigenvalue weighted by Crippen LogP contribution is 2.41. The van der Waals surface area contributed by atoms with Crippen LogP contribution in [0, 0.1) is 0 Å². The molecule has 19 heavy (non-hydrogen) atoms. The molecule has 10 heteroatoms. The van der Waals surface area contributed by atoms with Crippen molar-refractivity contribution in [1.82, 2.24) is 11.0 Å². The first-order valence-corrected chi connectivity index (χ1v) is 7.35. The van der Waals surface area contributed by atoms with Crippen LogP contribution in [0.1, 0.15) is 12.8 Å². The van der Waals surface area contributed by atoms with Crippen molar-refractivity contribution < 1.29 is 33.3 Å². The Morgan fingerprint density at radius 1 is 1.21 bits per heavy atom. The average Bonchev–Trinajstić information content (AvgIpc) is 2.38. The fourth-order valence-corrected chi connectivity index (χ4v) is 1.46. The molecular weight excluding hydrogens is 279 g/mol. The minimum absolute atomic E-state index is 0.0276. The van der Waals surface area contributed by atoms with Gasteiger partial charge in [-0.25, -0.2) is 15.5 Å². The Morgan fingerprint density at radius 3 is 2.42 bits per heavy atom. The fourth-order valence-electron chi connectivity index (χ4n) is 1.04. The van der Waals surface area contributed by atoms with Crippen molar-refractivity contribution in [3.05, 3.63) is 0 Å². The Labute approximate surface area is 112 Å². The Balaban J connectivity index is 3.29. The summed E-state index contributed by atoms with van der Waals surface area (Å²) in [5, 5.41) is 9.49. The number of nitrogens with one attached hydrogen (secondary N) is 2. The molecule has 0 fully saturated rings. The molecule has 0 saturated carbocycles. The lowest BCUT2D eigenvalue weighted by Gasteiger charge is -2.12. The van der Waals surface area contributed by atoms with Gasteiger partial charge in [-0.05, 0) is 12.8 Å². The third kappa shape index (κ3) is 12.7. The molecule has 4 N–H and O–H groups in total. The summed E-state index contributed by atoms with van der Waals surface area (Å²) < 4.78 is 19.6. The van der Waals surface area contributed by atoms with Gasteiger partial charge >= 0.3 is 7.82 Å². The van der Waals surface area contributed by atoms with Crippen molar-refractivity contribution in [2.45, 2.75) is 18.9 Å². The van der Waals surface area contributed by atoms with Gasteiger partial charge in [0, 0.05) is 20.7 Å². The molecule has 0 aromatic carbocycles. The molecule has 0 bridgehead atoms. The van der Waals surface area contributed by atoms with Crippen LogP contribution in [0.3, 0.4) is 0 Å². The molecule has 0 aromatic rings. The molecule has 0 aliphatic rings. The summed E-state index contributed by atoms with van der Waals surface area (Å²) in [6.45, 7) is 0.927. The van der Waals surface area contributed by atoms with Gasteiger partial charge in [0.2, 0.25) is 0 Å². The number of rotatable bonds is 13. The third-order valence-corrected chi connectivity index (χ3v) is 3.01. The van der Waals surface area contributed by atoms with Gasteiger partial charge in [0.1, 0.15) is 0 Å². The first kappa shape index (κ1) is 18.9. The summed E-state index contributed by atoms with van der Waals surface area (Å²) >= 11 is 0. The topological polar surface area (TPSA) is 119 Å². The highest BCUT2D eigenvalue weighted by Gasteiger charge is 2.17. The van der Waals surface area contributed by atoms with Crippen molar-refractivity contribution >= 4 is 7.82 Å². The molecule has 2 atom stereocenters. The zero-order valence-electron chi connectivity index (χ0n) is 11.2. The average molecular weight is 302 g/mol. The van der Waals surface area contributed by atoms with E-state index in [2.05, 4.69) is 20.0 Å². The predicted molar refractivity (Wildman–Crippen MR) is 67.0 cm³/mol. The first-order chi connectivity index (χ1) is 9.02. The normalized spacial score (nSPS) is 16.2. The van der Waals surface area contributed by atoms with E-state index in [0.29, 0.717) is 26.1 Å². The van der Waals surface area contributed by atoms with Crippen molar-refractivity contribution in [2.75, 3.05) is 40.5 Å². The van der Waals surface area contributed by atoms with E-state index in [1.807, 2.05) is 0 Å². The molecule has 2 unspecified atom stereocenters. The van der Waals surface area contributed by atoms with E-state index in [1.54, 1.807) is 7.05 Å². The Bertz CT molecular complexity index is 257. The van der Waals surface area contributed by atoms with E-state index in [0.717, 1.165) is 7.11 Å². The zero-order chi connectivity index (χ0) is 14.6. The summed E-state index contributed by atoms with van der Waals surface area (Å²) in [7, 11) is -1.18. The molecule has 0 radical (unpaired) electrons. The molecule has 0 spiro atoms. The standard InChI is InChI=1S/C9H23N2O7P/c1-10-16-6-3-9(12)4-7-17-11-5-8-18-19(13,14)15-2/h9-12H,3-8H2,1-2H3,(H,13,14). The van der Waals surface area contributed by atoms with Crippen LogP contribution in [-0.2, 0) is 23.3 Å². The van der Waals surface area contributed by atoms with Crippen LogP contribution in [0.2, 0.25) is 0 Å². The van der Waals surface area contributed by atoms with Crippen molar-refractivity contribution in [2.24, 2.45) is 0 Å². The predicted octanol–water partition coefficient (Wildman–Crippen LogP) is -0.437. The van der Waals surface area contributed by atoms with Crippen LogP contribution in [0.5, 0.6) is 0 Å². The Hall–Kier alpha value is -0.0900. The minimum atomic E-state index is -3.92. The summed E-state index contributed by atoms with van der Waals surface area (Å²) in [5.41, 5.74) is 5.05. The van der Waals surface area contributed by atoms with Crippen LogP contribution < -0.4 is 11.0 Å². The summed E-state index contributed by atoms with van der Waals surface area (Å²) in [4.78, 5) is 18.8. The number of hydrogen-bond donors (Lipinski definition) is 4. The summed E-state index contributed by atoms with van der Waals surface area (Å²) in [6, 6.07) is 0. The van der Waals surface area contributed by atoms with E-state index in [1.165, 1.54) is 0 Å². The van der Waals surface area contributed by atoms with Crippen molar-refractivity contribution in [3.63, 3.8) is 0 Å². The van der Waals surface area contributed by atoms with Crippen LogP contribution in [0.15, 0.2) is 0 Å². The van der Waals surface area contributed by atoms with Crippen LogP contribution in [0.4, 0.5) is 0 Å². The number of phosphoric ester groups is 1. The Morgan fingerprint density at radius 2 is 1.84 bits per heavy atom. The highest BCUT2D eigenvalue weighted by atomic mass is 31.2. The van der Waals surface area contributed by atoms with Gasteiger partial charge in [-0.3, -0.25) is 9.05 Å². The van der Waals surface area contributed by atoms with E-state index < -0.39 is 13.9 Å². The maximum absolute atomic E-state index is 10.9. The van der Waals surface area contributed by atoms with Crippen LogP contribution in [0.25, 0.3) is 0 Å². The molecule has 0 amide bonds. The SMILES string of the molecule is CNOCCC(O)CCONCCOP(=O)(O)OC. The van der Waals surface area contributed by atoms with Gasteiger partial charge in [-0.15, -0.1) is 0 Å². The largest absolute Gasteiger partial charge is 0.471 e. The quantitative estimate of drug-likeness (QED) is 0.204. The third-order valence-electron chi connectivity index (χ3n) is 2.04. The van der Waals surface area contributed by atoms with Crippen LogP contribution in [-0.4, -0.2) is 56.6 Å². The first-order valence-electron chi connectivity index (χ1n) is 5.86. The summed E-state index contributed by atoms with van der Waals surface area (Å²) in [5.74, 6) is 0. The minimum Gasteiger partial charge on any atom is -0.393 e. The van der Waals surface area contributed by atoms with E-state index in [-0.39, 0.29) is 13.2 Å². The lowest BCUT2D eigenvalue weighted by Crippen LogP contribution is -2.23. The number of hydroxylamine groups is 2. The van der Waals surface area contributed by atoms with Crippen LogP contribution >= 0.6 is 7.82 Å². The molecule has 0 aliphatic heterocycles. The number of hydrogen-bond acceptors (Lipinski definition) is 8.